The maximum absolute atomic E-state index is 3.45. The van der Waals surface area contributed by atoms with Crippen molar-refractivity contribution in [3.63, 3.8) is 0 Å². The van der Waals surface area contributed by atoms with Crippen molar-refractivity contribution in [1.29, 1.82) is 0 Å². The van der Waals surface area contributed by atoms with Crippen molar-refractivity contribution < 1.29 is 0 Å². The zero-order valence-corrected chi connectivity index (χ0v) is 10.7. The average Bonchev–Trinajstić information content (AvgIpc) is 2.96. The molecule has 0 saturated carbocycles. The third kappa shape index (κ3) is 4.04. The third-order valence-electron chi connectivity index (χ3n) is 4.08. The first-order valence-electron chi connectivity index (χ1n) is 6.96. The average molecular weight is 225 g/mol. The van der Waals surface area contributed by atoms with Crippen LogP contribution in [0.15, 0.2) is 0 Å². The van der Waals surface area contributed by atoms with Gasteiger partial charge in [-0.1, -0.05) is 0 Å². The second-order valence-corrected chi connectivity index (χ2v) is 5.50. The molecule has 0 aromatic heterocycles. The number of rotatable bonds is 6. The lowest BCUT2D eigenvalue weighted by Gasteiger charge is -2.22. The van der Waals surface area contributed by atoms with Crippen LogP contribution in [0.4, 0.5) is 0 Å². The summed E-state index contributed by atoms with van der Waals surface area (Å²) >= 11 is 0. The molecule has 0 spiro atoms. The van der Waals surface area contributed by atoms with E-state index in [0.717, 1.165) is 5.92 Å². The van der Waals surface area contributed by atoms with Crippen LogP contribution < -0.4 is 5.32 Å². The summed E-state index contributed by atoms with van der Waals surface area (Å²) in [6, 6.07) is 0. The molecule has 2 fully saturated rings. The number of hydrogen-bond acceptors (Lipinski definition) is 3. The SMILES string of the molecule is CN(CCC1CCNC1)CCN1CCCC1. The molecule has 0 amide bonds. The standard InChI is InChI=1S/C13H27N3/c1-15(9-5-13-4-6-14-12-13)10-11-16-7-2-3-8-16/h13-14H,2-12H2,1H3. The molecule has 1 atom stereocenters. The third-order valence-corrected chi connectivity index (χ3v) is 4.08. The molecule has 0 aliphatic carbocycles. The van der Waals surface area contributed by atoms with Crippen molar-refractivity contribution in [3.05, 3.63) is 0 Å². The Bertz CT molecular complexity index is 164. The normalized spacial score (nSPS) is 27.0. The highest BCUT2D eigenvalue weighted by Crippen LogP contribution is 2.12. The van der Waals surface area contributed by atoms with E-state index in [9.17, 15) is 0 Å². The van der Waals surface area contributed by atoms with Crippen molar-refractivity contribution in [3.8, 4) is 0 Å². The van der Waals surface area contributed by atoms with Gasteiger partial charge in [0.1, 0.15) is 0 Å². The summed E-state index contributed by atoms with van der Waals surface area (Å²) in [5, 5.41) is 3.45. The van der Waals surface area contributed by atoms with Gasteiger partial charge in [-0.25, -0.2) is 0 Å². The molecule has 2 saturated heterocycles. The minimum Gasteiger partial charge on any atom is -0.316 e. The van der Waals surface area contributed by atoms with Crippen LogP contribution in [0.2, 0.25) is 0 Å². The molecule has 94 valence electrons. The second kappa shape index (κ2) is 6.58. The Morgan fingerprint density at radius 1 is 1.25 bits per heavy atom. The van der Waals surface area contributed by atoms with Gasteiger partial charge in [-0.3, -0.25) is 0 Å². The van der Waals surface area contributed by atoms with Gasteiger partial charge in [-0.05, 0) is 71.4 Å². The van der Waals surface area contributed by atoms with E-state index >= 15 is 0 Å². The fourth-order valence-electron chi connectivity index (χ4n) is 2.79. The summed E-state index contributed by atoms with van der Waals surface area (Å²) in [5.41, 5.74) is 0. The maximum atomic E-state index is 3.45. The molecule has 2 aliphatic rings. The summed E-state index contributed by atoms with van der Waals surface area (Å²) in [4.78, 5) is 5.12. The zero-order chi connectivity index (χ0) is 11.2. The van der Waals surface area contributed by atoms with Gasteiger partial charge in [-0.15, -0.1) is 0 Å². The second-order valence-electron chi connectivity index (χ2n) is 5.50. The highest BCUT2D eigenvalue weighted by molar-refractivity contribution is 4.73. The Morgan fingerprint density at radius 3 is 2.75 bits per heavy atom. The van der Waals surface area contributed by atoms with E-state index in [2.05, 4.69) is 22.2 Å². The van der Waals surface area contributed by atoms with Crippen LogP contribution in [0.3, 0.4) is 0 Å². The van der Waals surface area contributed by atoms with Crippen molar-refractivity contribution in [2.75, 3.05) is 52.9 Å². The highest BCUT2D eigenvalue weighted by Gasteiger charge is 2.15. The fraction of sp³-hybridized carbons (Fsp3) is 1.00. The van der Waals surface area contributed by atoms with Gasteiger partial charge < -0.3 is 15.1 Å². The molecule has 0 radical (unpaired) electrons. The Morgan fingerprint density at radius 2 is 2.06 bits per heavy atom. The number of hydrogen-bond donors (Lipinski definition) is 1. The topological polar surface area (TPSA) is 18.5 Å². The molecule has 1 N–H and O–H groups in total. The molecule has 0 aromatic rings. The van der Waals surface area contributed by atoms with E-state index < -0.39 is 0 Å². The quantitative estimate of drug-likeness (QED) is 0.728. The Labute approximate surface area is 100 Å². The van der Waals surface area contributed by atoms with E-state index in [4.69, 9.17) is 0 Å². The van der Waals surface area contributed by atoms with Gasteiger partial charge in [0.15, 0.2) is 0 Å². The zero-order valence-electron chi connectivity index (χ0n) is 10.7. The predicted molar refractivity (Wildman–Crippen MR) is 68.8 cm³/mol. The van der Waals surface area contributed by atoms with Crippen molar-refractivity contribution in [2.45, 2.75) is 25.7 Å². The lowest BCUT2D eigenvalue weighted by atomic mass is 10.1. The van der Waals surface area contributed by atoms with Crippen LogP contribution in [0.5, 0.6) is 0 Å². The van der Waals surface area contributed by atoms with E-state index in [0.29, 0.717) is 0 Å². The summed E-state index contributed by atoms with van der Waals surface area (Å²) in [6.45, 7) is 8.96. The van der Waals surface area contributed by atoms with Crippen molar-refractivity contribution in [2.24, 2.45) is 5.92 Å². The maximum Gasteiger partial charge on any atom is 0.0109 e. The molecule has 3 nitrogen and oxygen atoms in total. The van der Waals surface area contributed by atoms with E-state index in [1.54, 1.807) is 0 Å². The fourth-order valence-corrected chi connectivity index (χ4v) is 2.79. The Balaban J connectivity index is 1.51. The minimum atomic E-state index is 0.939. The van der Waals surface area contributed by atoms with Gasteiger partial charge in [0.25, 0.3) is 0 Å². The Hall–Kier alpha value is -0.120. The lowest BCUT2D eigenvalue weighted by molar-refractivity contribution is 0.246. The van der Waals surface area contributed by atoms with Gasteiger partial charge in [0, 0.05) is 13.1 Å². The molecule has 2 heterocycles. The van der Waals surface area contributed by atoms with Gasteiger partial charge in [0.05, 0.1) is 0 Å². The van der Waals surface area contributed by atoms with Crippen LogP contribution in [-0.2, 0) is 0 Å². The van der Waals surface area contributed by atoms with Gasteiger partial charge >= 0.3 is 0 Å². The lowest BCUT2D eigenvalue weighted by Crippen LogP contribution is -2.32. The van der Waals surface area contributed by atoms with E-state index in [1.807, 2.05) is 0 Å². The number of nitrogens with one attached hydrogen (secondary N) is 1. The number of likely N-dealkylation sites (N-methyl/N-ethyl adjacent to an activating group) is 1. The van der Waals surface area contributed by atoms with Gasteiger partial charge in [-0.2, -0.15) is 0 Å². The highest BCUT2D eigenvalue weighted by atomic mass is 15.2. The molecule has 1 unspecified atom stereocenters. The van der Waals surface area contributed by atoms with Crippen molar-refractivity contribution >= 4 is 0 Å². The summed E-state index contributed by atoms with van der Waals surface area (Å²) < 4.78 is 0. The molecule has 16 heavy (non-hydrogen) atoms. The molecular formula is C13H27N3. The first kappa shape index (κ1) is 12.3. The number of likely N-dealkylation sites (tertiary alicyclic amines) is 1. The largest absolute Gasteiger partial charge is 0.316 e. The predicted octanol–water partition coefficient (Wildman–Crippen LogP) is 1.01. The van der Waals surface area contributed by atoms with Crippen LogP contribution in [0.25, 0.3) is 0 Å². The molecule has 3 heteroatoms. The van der Waals surface area contributed by atoms with Crippen LogP contribution in [0.1, 0.15) is 25.7 Å². The van der Waals surface area contributed by atoms with Crippen LogP contribution >= 0.6 is 0 Å². The molecule has 0 aromatic carbocycles. The first-order chi connectivity index (χ1) is 7.84. The first-order valence-corrected chi connectivity index (χ1v) is 6.96. The van der Waals surface area contributed by atoms with E-state index in [1.165, 1.54) is 71.5 Å². The Kier molecular flexibility index (Phi) is 5.07. The molecule has 2 aliphatic heterocycles. The van der Waals surface area contributed by atoms with Crippen LogP contribution in [0, 0.1) is 5.92 Å². The molecule has 2 rings (SSSR count). The van der Waals surface area contributed by atoms with Gasteiger partial charge in [0.2, 0.25) is 0 Å². The molecular weight excluding hydrogens is 198 g/mol. The monoisotopic (exact) mass is 225 g/mol. The number of nitrogens with zero attached hydrogens (tertiary/aromatic N) is 2. The molecule has 0 bridgehead atoms. The summed E-state index contributed by atoms with van der Waals surface area (Å²) in [7, 11) is 2.28. The van der Waals surface area contributed by atoms with E-state index in [-0.39, 0.29) is 0 Å². The summed E-state index contributed by atoms with van der Waals surface area (Å²) in [6.07, 6.45) is 5.60. The smallest absolute Gasteiger partial charge is 0.0109 e. The van der Waals surface area contributed by atoms with Crippen LogP contribution in [-0.4, -0.2) is 62.7 Å². The minimum absolute atomic E-state index is 0.939. The van der Waals surface area contributed by atoms with Crippen molar-refractivity contribution in [1.82, 2.24) is 15.1 Å². The summed E-state index contributed by atoms with van der Waals surface area (Å²) in [5.74, 6) is 0.939.